The summed E-state index contributed by atoms with van der Waals surface area (Å²) in [6.45, 7) is 13.0. The van der Waals surface area contributed by atoms with E-state index in [4.69, 9.17) is 5.73 Å². The van der Waals surface area contributed by atoms with Gasteiger partial charge in [0.1, 0.15) is 0 Å². The Hall–Kier alpha value is -0.0800. The van der Waals surface area contributed by atoms with Gasteiger partial charge in [0.25, 0.3) is 0 Å². The minimum Gasteiger partial charge on any atom is -0.329 e. The molecule has 2 N–H and O–H groups in total. The van der Waals surface area contributed by atoms with Crippen molar-refractivity contribution in [3.63, 3.8) is 0 Å². The second kappa shape index (κ2) is 5.13. The lowest BCUT2D eigenvalue weighted by Gasteiger charge is -2.46. The molecular weight excluding hydrogens is 220 g/mol. The fourth-order valence-corrected chi connectivity index (χ4v) is 3.85. The van der Waals surface area contributed by atoms with Crippen molar-refractivity contribution in [2.75, 3.05) is 19.6 Å². The molecule has 2 fully saturated rings. The highest BCUT2D eigenvalue weighted by molar-refractivity contribution is 4.99. The SMILES string of the molecule is CC1CCC(CN)(N2CCC(C(C)(C)C)C2)CC1. The van der Waals surface area contributed by atoms with Crippen molar-refractivity contribution < 1.29 is 0 Å². The quantitative estimate of drug-likeness (QED) is 0.817. The first-order valence-electron chi connectivity index (χ1n) is 7.82. The van der Waals surface area contributed by atoms with Crippen LogP contribution in [0, 0.1) is 17.3 Å². The number of likely N-dealkylation sites (tertiary alicyclic amines) is 1. The Morgan fingerprint density at radius 3 is 2.22 bits per heavy atom. The van der Waals surface area contributed by atoms with Crippen molar-refractivity contribution in [3.05, 3.63) is 0 Å². The molecule has 2 rings (SSSR count). The molecule has 0 aromatic carbocycles. The summed E-state index contributed by atoms with van der Waals surface area (Å²) in [6, 6.07) is 0. The minimum absolute atomic E-state index is 0.340. The van der Waals surface area contributed by atoms with E-state index < -0.39 is 0 Å². The number of nitrogens with zero attached hydrogens (tertiary/aromatic N) is 1. The molecule has 1 atom stereocenters. The third kappa shape index (κ3) is 2.75. The molecule has 106 valence electrons. The molecule has 0 spiro atoms. The molecule has 2 nitrogen and oxygen atoms in total. The van der Waals surface area contributed by atoms with Gasteiger partial charge in [0.15, 0.2) is 0 Å². The van der Waals surface area contributed by atoms with Crippen LogP contribution < -0.4 is 5.73 Å². The van der Waals surface area contributed by atoms with Crippen molar-refractivity contribution in [3.8, 4) is 0 Å². The smallest absolute Gasteiger partial charge is 0.0332 e. The summed E-state index contributed by atoms with van der Waals surface area (Å²) in [5.74, 6) is 1.76. The second-order valence-corrected chi connectivity index (χ2v) is 7.91. The highest BCUT2D eigenvalue weighted by atomic mass is 15.2. The van der Waals surface area contributed by atoms with E-state index in [2.05, 4.69) is 32.6 Å². The molecule has 0 amide bonds. The van der Waals surface area contributed by atoms with Gasteiger partial charge >= 0.3 is 0 Å². The van der Waals surface area contributed by atoms with E-state index in [1.807, 2.05) is 0 Å². The number of rotatable bonds is 2. The van der Waals surface area contributed by atoms with E-state index >= 15 is 0 Å². The summed E-state index contributed by atoms with van der Waals surface area (Å²) < 4.78 is 0. The Bertz CT molecular complexity index is 271. The average molecular weight is 252 g/mol. The molecule has 2 aliphatic rings. The van der Waals surface area contributed by atoms with Crippen LogP contribution in [0.5, 0.6) is 0 Å². The van der Waals surface area contributed by atoms with E-state index in [0.717, 1.165) is 18.4 Å². The van der Waals surface area contributed by atoms with Crippen LogP contribution in [-0.2, 0) is 0 Å². The fraction of sp³-hybridized carbons (Fsp3) is 1.00. The topological polar surface area (TPSA) is 29.3 Å². The monoisotopic (exact) mass is 252 g/mol. The standard InChI is InChI=1S/C16H32N2/c1-13-5-8-16(12-17,9-6-13)18-10-7-14(11-18)15(2,3)4/h13-14H,5-12,17H2,1-4H3. The highest BCUT2D eigenvalue weighted by Crippen LogP contribution is 2.42. The van der Waals surface area contributed by atoms with Crippen LogP contribution in [0.1, 0.15) is 59.8 Å². The van der Waals surface area contributed by atoms with Crippen molar-refractivity contribution >= 4 is 0 Å². The van der Waals surface area contributed by atoms with Gasteiger partial charge in [0.2, 0.25) is 0 Å². The summed E-state index contributed by atoms with van der Waals surface area (Å²) in [5.41, 5.74) is 6.97. The number of nitrogens with two attached hydrogens (primary N) is 1. The molecular formula is C16H32N2. The second-order valence-electron chi connectivity index (χ2n) is 7.91. The molecule has 1 unspecified atom stereocenters. The Morgan fingerprint density at radius 2 is 1.78 bits per heavy atom. The minimum atomic E-state index is 0.340. The zero-order valence-electron chi connectivity index (χ0n) is 12.8. The molecule has 18 heavy (non-hydrogen) atoms. The molecule has 2 heteroatoms. The van der Waals surface area contributed by atoms with Crippen LogP contribution in [0.25, 0.3) is 0 Å². The Kier molecular flexibility index (Phi) is 4.08. The van der Waals surface area contributed by atoms with Crippen LogP contribution in [0.4, 0.5) is 0 Å². The Morgan fingerprint density at radius 1 is 1.17 bits per heavy atom. The van der Waals surface area contributed by atoms with Gasteiger partial charge in [-0.3, -0.25) is 4.90 Å². The van der Waals surface area contributed by atoms with Gasteiger partial charge in [-0.1, -0.05) is 27.7 Å². The summed E-state index contributed by atoms with van der Waals surface area (Å²) in [6.07, 6.45) is 6.74. The molecule has 0 bridgehead atoms. The lowest BCUT2D eigenvalue weighted by molar-refractivity contribution is 0.0567. The van der Waals surface area contributed by atoms with E-state index in [-0.39, 0.29) is 0 Å². The predicted octanol–water partition coefficient (Wildman–Crippen LogP) is 3.26. The van der Waals surface area contributed by atoms with Crippen LogP contribution in [-0.4, -0.2) is 30.1 Å². The molecule has 1 saturated carbocycles. The Balaban J connectivity index is 2.02. The van der Waals surface area contributed by atoms with Gasteiger partial charge in [-0.25, -0.2) is 0 Å². The molecule has 1 heterocycles. The van der Waals surface area contributed by atoms with E-state index in [9.17, 15) is 0 Å². The lowest BCUT2D eigenvalue weighted by atomic mass is 9.75. The first-order valence-corrected chi connectivity index (χ1v) is 7.82. The van der Waals surface area contributed by atoms with Gasteiger partial charge in [-0.2, -0.15) is 0 Å². The van der Waals surface area contributed by atoms with Gasteiger partial charge in [0, 0.05) is 18.6 Å². The molecule has 1 saturated heterocycles. The predicted molar refractivity (Wildman–Crippen MR) is 78.6 cm³/mol. The molecule has 1 aliphatic carbocycles. The Labute approximate surface area is 113 Å². The van der Waals surface area contributed by atoms with E-state index in [1.54, 1.807) is 0 Å². The van der Waals surface area contributed by atoms with Crippen LogP contribution in [0.2, 0.25) is 0 Å². The molecule has 0 aromatic rings. The van der Waals surface area contributed by atoms with Crippen molar-refractivity contribution in [2.24, 2.45) is 23.0 Å². The maximum Gasteiger partial charge on any atom is 0.0332 e. The zero-order chi connectivity index (χ0) is 13.4. The fourth-order valence-electron chi connectivity index (χ4n) is 3.85. The first-order chi connectivity index (χ1) is 8.37. The number of hydrogen-bond acceptors (Lipinski definition) is 2. The van der Waals surface area contributed by atoms with Gasteiger partial charge in [-0.15, -0.1) is 0 Å². The summed E-state index contributed by atoms with van der Waals surface area (Å²) in [7, 11) is 0. The van der Waals surface area contributed by atoms with Crippen molar-refractivity contribution in [2.45, 2.75) is 65.3 Å². The van der Waals surface area contributed by atoms with E-state index in [0.29, 0.717) is 11.0 Å². The summed E-state index contributed by atoms with van der Waals surface area (Å²) >= 11 is 0. The van der Waals surface area contributed by atoms with Crippen LogP contribution in [0.15, 0.2) is 0 Å². The molecule has 0 aromatic heterocycles. The van der Waals surface area contributed by atoms with Gasteiger partial charge in [0.05, 0.1) is 0 Å². The molecule has 0 radical (unpaired) electrons. The summed E-state index contributed by atoms with van der Waals surface area (Å²) in [5, 5.41) is 0. The lowest BCUT2D eigenvalue weighted by Crippen LogP contribution is -2.55. The van der Waals surface area contributed by atoms with Gasteiger partial charge in [-0.05, 0) is 55.9 Å². The maximum absolute atomic E-state index is 6.18. The van der Waals surface area contributed by atoms with Gasteiger partial charge < -0.3 is 5.73 Å². The van der Waals surface area contributed by atoms with E-state index in [1.165, 1.54) is 45.2 Å². The molecule has 1 aliphatic heterocycles. The largest absolute Gasteiger partial charge is 0.329 e. The van der Waals surface area contributed by atoms with Crippen molar-refractivity contribution in [1.82, 2.24) is 4.90 Å². The van der Waals surface area contributed by atoms with Crippen molar-refractivity contribution in [1.29, 1.82) is 0 Å². The number of hydrogen-bond donors (Lipinski definition) is 1. The normalized spacial score (nSPS) is 39.2. The third-order valence-corrected chi connectivity index (χ3v) is 5.67. The zero-order valence-corrected chi connectivity index (χ0v) is 12.8. The third-order valence-electron chi connectivity index (χ3n) is 5.67. The average Bonchev–Trinajstić information content (AvgIpc) is 2.80. The maximum atomic E-state index is 6.18. The van der Waals surface area contributed by atoms with Crippen LogP contribution in [0.3, 0.4) is 0 Å². The highest BCUT2D eigenvalue weighted by Gasteiger charge is 2.43. The summed E-state index contributed by atoms with van der Waals surface area (Å²) in [4.78, 5) is 2.74. The first kappa shape index (κ1) is 14.3. The van der Waals surface area contributed by atoms with Crippen LogP contribution >= 0.6 is 0 Å².